The Morgan fingerprint density at radius 1 is 1.67 bits per heavy atom. The maximum absolute atomic E-state index is 10.5. The molecule has 0 amide bonds. The predicted molar refractivity (Wildman–Crippen MR) is 49.2 cm³/mol. The average molecular weight is 171 g/mol. The molecule has 3 heteroatoms. The zero-order valence-electron chi connectivity index (χ0n) is 8.00. The fourth-order valence-corrected chi connectivity index (χ4v) is 0.749. The molecule has 12 heavy (non-hydrogen) atoms. The summed E-state index contributed by atoms with van der Waals surface area (Å²) >= 11 is 0. The second-order valence-electron chi connectivity index (χ2n) is 3.20. The molecule has 0 aromatic carbocycles. The fraction of sp³-hybridized carbons (Fsp3) is 0.667. The first-order valence-electron chi connectivity index (χ1n) is 4.02. The van der Waals surface area contributed by atoms with E-state index in [1.54, 1.807) is 11.8 Å². The van der Waals surface area contributed by atoms with Crippen molar-refractivity contribution in [3.8, 4) is 0 Å². The lowest BCUT2D eigenvalue weighted by Crippen LogP contribution is -2.36. The van der Waals surface area contributed by atoms with Gasteiger partial charge in [0, 0.05) is 6.54 Å². The minimum absolute atomic E-state index is 0.413. The maximum atomic E-state index is 10.5. The lowest BCUT2D eigenvalue weighted by molar-refractivity contribution is -0.142. The highest BCUT2D eigenvalue weighted by Crippen LogP contribution is 2.01. The van der Waals surface area contributed by atoms with Gasteiger partial charge in [-0.2, -0.15) is 0 Å². The zero-order chi connectivity index (χ0) is 9.72. The molecule has 0 saturated carbocycles. The van der Waals surface area contributed by atoms with Crippen LogP contribution in [0.25, 0.3) is 0 Å². The average Bonchev–Trinajstić information content (AvgIpc) is 1.98. The van der Waals surface area contributed by atoms with Gasteiger partial charge in [-0.25, -0.2) is 0 Å². The van der Waals surface area contributed by atoms with E-state index in [-0.39, 0.29) is 0 Å². The molecule has 1 unspecified atom stereocenters. The predicted octanol–water partition coefficient (Wildman–Crippen LogP) is 1.36. The van der Waals surface area contributed by atoms with Crippen molar-refractivity contribution in [2.75, 3.05) is 13.6 Å². The lowest BCUT2D eigenvalue weighted by Gasteiger charge is -2.20. The summed E-state index contributed by atoms with van der Waals surface area (Å²) in [7, 11) is 1.81. The van der Waals surface area contributed by atoms with Crippen LogP contribution < -0.4 is 0 Å². The van der Waals surface area contributed by atoms with Crippen LogP contribution in [0.3, 0.4) is 0 Å². The third kappa shape index (κ3) is 4.13. The van der Waals surface area contributed by atoms with Crippen molar-refractivity contribution in [3.05, 3.63) is 12.2 Å². The van der Waals surface area contributed by atoms with Crippen molar-refractivity contribution >= 4 is 5.97 Å². The Morgan fingerprint density at radius 2 is 2.17 bits per heavy atom. The van der Waals surface area contributed by atoms with Gasteiger partial charge in [0.05, 0.1) is 0 Å². The monoisotopic (exact) mass is 171 g/mol. The Labute approximate surface area is 73.7 Å². The van der Waals surface area contributed by atoms with Gasteiger partial charge in [0.15, 0.2) is 0 Å². The molecule has 0 spiro atoms. The summed E-state index contributed by atoms with van der Waals surface area (Å²) in [6, 6.07) is -0.413. The number of carbonyl (C=O) groups is 1. The van der Waals surface area contributed by atoms with Gasteiger partial charge in [-0.3, -0.25) is 9.69 Å². The van der Waals surface area contributed by atoms with Crippen LogP contribution in [0.4, 0.5) is 0 Å². The van der Waals surface area contributed by atoms with Gasteiger partial charge in [-0.05, 0) is 27.3 Å². The first-order valence-corrected chi connectivity index (χ1v) is 4.02. The van der Waals surface area contributed by atoms with Gasteiger partial charge in [0.25, 0.3) is 0 Å². The highest BCUT2D eigenvalue weighted by molar-refractivity contribution is 5.72. The fourth-order valence-electron chi connectivity index (χ4n) is 0.749. The molecular formula is C9H17NO2. The number of hydrogen-bond acceptors (Lipinski definition) is 2. The minimum Gasteiger partial charge on any atom is -0.480 e. The van der Waals surface area contributed by atoms with Gasteiger partial charge in [-0.15, -0.1) is 6.58 Å². The largest absolute Gasteiger partial charge is 0.480 e. The Balaban J connectivity index is 3.79. The normalized spacial score (nSPS) is 13.0. The third-order valence-corrected chi connectivity index (χ3v) is 1.91. The second kappa shape index (κ2) is 4.93. The van der Waals surface area contributed by atoms with Gasteiger partial charge in [0.1, 0.15) is 6.04 Å². The molecule has 0 rings (SSSR count). The zero-order valence-corrected chi connectivity index (χ0v) is 8.00. The minimum atomic E-state index is -0.779. The van der Waals surface area contributed by atoms with Gasteiger partial charge in [-0.1, -0.05) is 5.57 Å². The molecule has 0 bridgehead atoms. The van der Waals surface area contributed by atoms with Gasteiger partial charge >= 0.3 is 5.97 Å². The third-order valence-electron chi connectivity index (χ3n) is 1.91. The number of likely N-dealkylation sites (N-methyl/N-ethyl adjacent to an activating group) is 1. The van der Waals surface area contributed by atoms with Crippen LogP contribution in [-0.2, 0) is 4.79 Å². The molecule has 0 heterocycles. The summed E-state index contributed by atoms with van der Waals surface area (Å²) < 4.78 is 0. The topological polar surface area (TPSA) is 40.5 Å². The molecular weight excluding hydrogens is 154 g/mol. The van der Waals surface area contributed by atoms with Crippen LogP contribution in [0.15, 0.2) is 12.2 Å². The van der Waals surface area contributed by atoms with Crippen molar-refractivity contribution < 1.29 is 9.90 Å². The molecule has 0 aliphatic carbocycles. The van der Waals surface area contributed by atoms with E-state index in [9.17, 15) is 4.79 Å². The summed E-state index contributed by atoms with van der Waals surface area (Å²) in [6.07, 6.45) is 0.855. The molecule has 0 fully saturated rings. The highest BCUT2D eigenvalue weighted by atomic mass is 16.4. The van der Waals surface area contributed by atoms with E-state index in [2.05, 4.69) is 6.58 Å². The summed E-state index contributed by atoms with van der Waals surface area (Å²) in [5.41, 5.74) is 1.08. The summed E-state index contributed by atoms with van der Waals surface area (Å²) in [4.78, 5) is 12.3. The van der Waals surface area contributed by atoms with Gasteiger partial charge < -0.3 is 5.11 Å². The standard InChI is InChI=1S/C9H17NO2/c1-7(2)5-6-10(4)8(3)9(11)12/h8H,1,5-6H2,2-4H3,(H,11,12). The Kier molecular flexibility index (Phi) is 4.59. The molecule has 70 valence electrons. The number of carboxylic acid groups (broad SMARTS) is 1. The first kappa shape index (κ1) is 11.2. The number of nitrogens with zero attached hydrogens (tertiary/aromatic N) is 1. The molecule has 3 nitrogen and oxygen atoms in total. The summed E-state index contributed by atoms with van der Waals surface area (Å²) in [5.74, 6) is -0.779. The van der Waals surface area contributed by atoms with E-state index in [1.165, 1.54) is 0 Å². The summed E-state index contributed by atoms with van der Waals surface area (Å²) in [6.45, 7) is 8.13. The van der Waals surface area contributed by atoms with E-state index in [4.69, 9.17) is 5.11 Å². The first-order chi connectivity index (χ1) is 5.45. The molecule has 0 aromatic rings. The molecule has 0 aliphatic rings. The van der Waals surface area contributed by atoms with E-state index >= 15 is 0 Å². The molecule has 0 aromatic heterocycles. The SMILES string of the molecule is C=C(C)CCN(C)C(C)C(=O)O. The van der Waals surface area contributed by atoms with Crippen LogP contribution in [0.5, 0.6) is 0 Å². The highest BCUT2D eigenvalue weighted by Gasteiger charge is 2.15. The number of carboxylic acids is 1. The van der Waals surface area contributed by atoms with Crippen molar-refractivity contribution in [1.82, 2.24) is 4.90 Å². The smallest absolute Gasteiger partial charge is 0.320 e. The van der Waals surface area contributed by atoms with Crippen molar-refractivity contribution in [2.45, 2.75) is 26.3 Å². The van der Waals surface area contributed by atoms with E-state index in [1.807, 2.05) is 14.0 Å². The quantitative estimate of drug-likeness (QED) is 0.635. The van der Waals surface area contributed by atoms with Crippen LogP contribution in [0.2, 0.25) is 0 Å². The Morgan fingerprint density at radius 3 is 2.50 bits per heavy atom. The van der Waals surface area contributed by atoms with Crippen molar-refractivity contribution in [3.63, 3.8) is 0 Å². The van der Waals surface area contributed by atoms with E-state index in [0.29, 0.717) is 0 Å². The van der Waals surface area contributed by atoms with E-state index in [0.717, 1.165) is 18.5 Å². The van der Waals surface area contributed by atoms with Crippen LogP contribution >= 0.6 is 0 Å². The second-order valence-corrected chi connectivity index (χ2v) is 3.20. The van der Waals surface area contributed by atoms with Crippen LogP contribution in [0, 0.1) is 0 Å². The number of rotatable bonds is 5. The van der Waals surface area contributed by atoms with E-state index < -0.39 is 12.0 Å². The number of aliphatic carboxylic acids is 1. The maximum Gasteiger partial charge on any atom is 0.320 e. The van der Waals surface area contributed by atoms with Gasteiger partial charge in [0.2, 0.25) is 0 Å². The van der Waals surface area contributed by atoms with Crippen molar-refractivity contribution in [1.29, 1.82) is 0 Å². The van der Waals surface area contributed by atoms with Crippen LogP contribution in [-0.4, -0.2) is 35.6 Å². The molecule has 0 saturated heterocycles. The van der Waals surface area contributed by atoms with Crippen LogP contribution in [0.1, 0.15) is 20.3 Å². The molecule has 1 atom stereocenters. The summed E-state index contributed by atoms with van der Waals surface area (Å²) in [5, 5.41) is 8.65. The number of hydrogen-bond donors (Lipinski definition) is 1. The Hall–Kier alpha value is -0.830. The molecule has 0 radical (unpaired) electrons. The molecule has 1 N–H and O–H groups in total. The Bertz CT molecular complexity index is 177. The van der Waals surface area contributed by atoms with Crippen molar-refractivity contribution in [2.24, 2.45) is 0 Å². The molecule has 0 aliphatic heterocycles. The lowest BCUT2D eigenvalue weighted by atomic mass is 10.2.